The number of likely N-dealkylation sites (tertiary alicyclic amines) is 1. The van der Waals surface area contributed by atoms with Gasteiger partial charge >= 0.3 is 0 Å². The van der Waals surface area contributed by atoms with Gasteiger partial charge in [-0.3, -0.25) is 4.90 Å². The topological polar surface area (TPSA) is 32.3 Å². The quantitative estimate of drug-likeness (QED) is 0.798. The lowest BCUT2D eigenvalue weighted by Gasteiger charge is -2.32. The van der Waals surface area contributed by atoms with Crippen LogP contribution in [0.2, 0.25) is 0 Å². The molecule has 4 nitrogen and oxygen atoms in total. The molecule has 1 aliphatic carbocycles. The summed E-state index contributed by atoms with van der Waals surface area (Å²) >= 11 is 0. The lowest BCUT2D eigenvalue weighted by Crippen LogP contribution is -2.35. The molecule has 1 aliphatic heterocycles. The molecule has 2 heterocycles. The molecule has 22 heavy (non-hydrogen) atoms. The van der Waals surface area contributed by atoms with Gasteiger partial charge in [-0.05, 0) is 52.4 Å². The van der Waals surface area contributed by atoms with Gasteiger partial charge < -0.3 is 4.90 Å². The van der Waals surface area contributed by atoms with E-state index in [0.717, 1.165) is 24.1 Å². The van der Waals surface area contributed by atoms with Gasteiger partial charge in [-0.1, -0.05) is 25.7 Å². The molecular formula is C18H30N4. The third-order valence-corrected chi connectivity index (χ3v) is 5.10. The van der Waals surface area contributed by atoms with Crippen molar-refractivity contribution in [1.82, 2.24) is 19.8 Å². The van der Waals surface area contributed by atoms with Crippen molar-refractivity contribution < 1.29 is 0 Å². The molecule has 2 fully saturated rings. The molecular weight excluding hydrogens is 272 g/mol. The van der Waals surface area contributed by atoms with Crippen molar-refractivity contribution in [1.29, 1.82) is 0 Å². The Morgan fingerprint density at radius 2 is 1.86 bits per heavy atom. The number of hydrogen-bond acceptors (Lipinski definition) is 4. The van der Waals surface area contributed by atoms with Crippen molar-refractivity contribution in [2.75, 3.05) is 20.6 Å². The lowest BCUT2D eigenvalue weighted by atomic mass is 10.1. The number of hydrogen-bond donors (Lipinski definition) is 0. The zero-order valence-corrected chi connectivity index (χ0v) is 14.2. The molecule has 0 radical (unpaired) electrons. The maximum Gasteiger partial charge on any atom is 0.145 e. The van der Waals surface area contributed by atoms with Gasteiger partial charge in [0.15, 0.2) is 0 Å². The standard InChI is InChI=1S/C18H30N4/c1-21(2)14-15-11-12-19-18(20-15)17-10-7-13-22(17)16-8-5-3-4-6-9-16/h11-12,16-17H,3-10,13-14H2,1-2H3/t17-/m1/s1. The zero-order valence-electron chi connectivity index (χ0n) is 14.2. The van der Waals surface area contributed by atoms with Crippen LogP contribution in [0.1, 0.15) is 68.9 Å². The maximum atomic E-state index is 4.87. The third-order valence-electron chi connectivity index (χ3n) is 5.10. The van der Waals surface area contributed by atoms with E-state index in [1.807, 2.05) is 6.20 Å². The summed E-state index contributed by atoms with van der Waals surface area (Å²) in [6.07, 6.45) is 12.8. The molecule has 2 aliphatic rings. The molecule has 4 heteroatoms. The summed E-state index contributed by atoms with van der Waals surface area (Å²) in [6.45, 7) is 2.13. The van der Waals surface area contributed by atoms with Gasteiger partial charge in [-0.2, -0.15) is 0 Å². The van der Waals surface area contributed by atoms with E-state index in [2.05, 4.69) is 34.9 Å². The van der Waals surface area contributed by atoms with Gasteiger partial charge in [0.2, 0.25) is 0 Å². The Balaban J connectivity index is 1.74. The maximum absolute atomic E-state index is 4.87. The van der Waals surface area contributed by atoms with Crippen LogP contribution in [-0.2, 0) is 6.54 Å². The summed E-state index contributed by atoms with van der Waals surface area (Å²) in [5.74, 6) is 1.06. The van der Waals surface area contributed by atoms with Crippen molar-refractivity contribution in [2.24, 2.45) is 0 Å². The van der Waals surface area contributed by atoms with E-state index in [0.29, 0.717) is 6.04 Å². The average Bonchev–Trinajstić information content (AvgIpc) is 2.82. The molecule has 0 bridgehead atoms. The van der Waals surface area contributed by atoms with Gasteiger partial charge in [0.25, 0.3) is 0 Å². The summed E-state index contributed by atoms with van der Waals surface area (Å²) in [5, 5.41) is 0. The molecule has 122 valence electrons. The zero-order chi connectivity index (χ0) is 15.4. The van der Waals surface area contributed by atoms with E-state index in [1.54, 1.807) is 0 Å². The van der Waals surface area contributed by atoms with E-state index in [-0.39, 0.29) is 0 Å². The van der Waals surface area contributed by atoms with Crippen LogP contribution < -0.4 is 0 Å². The highest BCUT2D eigenvalue weighted by molar-refractivity contribution is 5.07. The fourth-order valence-electron chi connectivity index (χ4n) is 4.08. The predicted molar refractivity (Wildman–Crippen MR) is 89.6 cm³/mol. The van der Waals surface area contributed by atoms with E-state index in [1.165, 1.54) is 57.9 Å². The minimum absolute atomic E-state index is 0.449. The van der Waals surface area contributed by atoms with Gasteiger partial charge in [0, 0.05) is 18.8 Å². The molecule has 1 aromatic rings. The largest absolute Gasteiger partial charge is 0.304 e. The van der Waals surface area contributed by atoms with Crippen LogP contribution in [0, 0.1) is 0 Å². The second kappa shape index (κ2) is 7.51. The van der Waals surface area contributed by atoms with Gasteiger partial charge in [-0.15, -0.1) is 0 Å². The van der Waals surface area contributed by atoms with Crippen LogP contribution in [0.3, 0.4) is 0 Å². The first kappa shape index (κ1) is 15.9. The minimum Gasteiger partial charge on any atom is -0.304 e. The van der Waals surface area contributed by atoms with E-state index >= 15 is 0 Å². The Kier molecular flexibility index (Phi) is 5.42. The molecule has 1 atom stereocenters. The number of aromatic nitrogens is 2. The Hall–Kier alpha value is -1.00. The van der Waals surface area contributed by atoms with Crippen molar-refractivity contribution in [3.63, 3.8) is 0 Å². The molecule has 1 saturated heterocycles. The van der Waals surface area contributed by atoms with Crippen molar-refractivity contribution in [2.45, 2.75) is 70.0 Å². The third kappa shape index (κ3) is 3.85. The summed E-state index contributed by atoms with van der Waals surface area (Å²) in [7, 11) is 4.18. The summed E-state index contributed by atoms with van der Waals surface area (Å²) in [4.78, 5) is 14.4. The van der Waals surface area contributed by atoms with Crippen LogP contribution in [0.15, 0.2) is 12.3 Å². The van der Waals surface area contributed by atoms with Crippen LogP contribution in [-0.4, -0.2) is 46.4 Å². The van der Waals surface area contributed by atoms with Crippen molar-refractivity contribution in [3.8, 4) is 0 Å². The monoisotopic (exact) mass is 302 g/mol. The van der Waals surface area contributed by atoms with Gasteiger partial charge in [0.1, 0.15) is 5.82 Å². The van der Waals surface area contributed by atoms with E-state index < -0.39 is 0 Å². The molecule has 0 spiro atoms. The predicted octanol–water partition coefficient (Wildman–Crippen LogP) is 3.40. The Bertz CT molecular complexity index is 466. The molecule has 3 rings (SSSR count). The van der Waals surface area contributed by atoms with Crippen LogP contribution >= 0.6 is 0 Å². The van der Waals surface area contributed by atoms with E-state index in [4.69, 9.17) is 4.98 Å². The highest BCUT2D eigenvalue weighted by Crippen LogP contribution is 2.35. The highest BCUT2D eigenvalue weighted by atomic mass is 15.2. The number of nitrogens with zero attached hydrogens (tertiary/aromatic N) is 4. The first-order chi connectivity index (χ1) is 10.7. The van der Waals surface area contributed by atoms with Crippen molar-refractivity contribution in [3.05, 3.63) is 23.8 Å². The van der Waals surface area contributed by atoms with Crippen LogP contribution in [0.4, 0.5) is 0 Å². The minimum atomic E-state index is 0.449. The second-order valence-electron chi connectivity index (χ2n) is 7.19. The summed E-state index contributed by atoms with van der Waals surface area (Å²) in [6, 6.07) is 3.26. The average molecular weight is 302 g/mol. The Morgan fingerprint density at radius 1 is 1.09 bits per heavy atom. The van der Waals surface area contributed by atoms with Crippen LogP contribution in [0.25, 0.3) is 0 Å². The first-order valence-corrected chi connectivity index (χ1v) is 8.96. The molecule has 0 amide bonds. The molecule has 1 saturated carbocycles. The normalized spacial score (nSPS) is 24.8. The van der Waals surface area contributed by atoms with Gasteiger partial charge in [0.05, 0.1) is 11.7 Å². The fourth-order valence-corrected chi connectivity index (χ4v) is 4.08. The smallest absolute Gasteiger partial charge is 0.145 e. The van der Waals surface area contributed by atoms with Crippen LogP contribution in [0.5, 0.6) is 0 Å². The lowest BCUT2D eigenvalue weighted by molar-refractivity contribution is 0.158. The van der Waals surface area contributed by atoms with Gasteiger partial charge in [-0.25, -0.2) is 9.97 Å². The Labute approximate surface area is 134 Å². The molecule has 1 aromatic heterocycles. The second-order valence-corrected chi connectivity index (χ2v) is 7.19. The Morgan fingerprint density at radius 3 is 2.59 bits per heavy atom. The highest BCUT2D eigenvalue weighted by Gasteiger charge is 2.33. The first-order valence-electron chi connectivity index (χ1n) is 8.96. The summed E-state index contributed by atoms with van der Waals surface area (Å²) in [5.41, 5.74) is 1.14. The molecule has 0 aromatic carbocycles. The van der Waals surface area contributed by atoms with Crippen molar-refractivity contribution >= 4 is 0 Å². The van der Waals surface area contributed by atoms with E-state index in [9.17, 15) is 0 Å². The molecule has 0 unspecified atom stereocenters. The SMILES string of the molecule is CN(C)Cc1ccnc([C@H]2CCCN2C2CCCCCC2)n1. The fraction of sp³-hybridized carbons (Fsp3) is 0.778. The number of rotatable bonds is 4. The molecule has 0 N–H and O–H groups in total. The summed E-state index contributed by atoms with van der Waals surface area (Å²) < 4.78 is 0.